The number of carbonyl (C=O) groups is 1. The SMILES string of the molecule is CCCC.CNC(=O)CP(=O)(O)O. The molecule has 0 aromatic rings. The molecule has 0 aliphatic carbocycles. The Kier molecular flexibility index (Phi) is 9.56. The largest absolute Gasteiger partial charge is 0.359 e. The maximum Gasteiger partial charge on any atom is 0.334 e. The van der Waals surface area contributed by atoms with Crippen molar-refractivity contribution in [3.63, 3.8) is 0 Å². The maximum absolute atomic E-state index is 10.2. The molecule has 3 N–H and O–H groups in total. The van der Waals surface area contributed by atoms with Crippen molar-refractivity contribution in [3.8, 4) is 0 Å². The molecule has 0 unspecified atom stereocenters. The van der Waals surface area contributed by atoms with Crippen molar-refractivity contribution < 1.29 is 19.1 Å². The molecule has 0 radical (unpaired) electrons. The Balaban J connectivity index is 0. The molecule has 0 aromatic heterocycles. The minimum atomic E-state index is -4.15. The van der Waals surface area contributed by atoms with Crippen LogP contribution in [0.5, 0.6) is 0 Å². The zero-order valence-corrected chi connectivity index (χ0v) is 9.17. The van der Waals surface area contributed by atoms with Crippen LogP contribution in [0.25, 0.3) is 0 Å². The first-order valence-electron chi connectivity index (χ1n) is 4.12. The third kappa shape index (κ3) is 18.5. The molecule has 0 saturated heterocycles. The Morgan fingerprint density at radius 1 is 1.31 bits per heavy atom. The number of hydrogen-bond donors (Lipinski definition) is 3. The van der Waals surface area contributed by atoms with Gasteiger partial charge in [-0.1, -0.05) is 26.7 Å². The van der Waals surface area contributed by atoms with Gasteiger partial charge in [-0.05, 0) is 0 Å². The molecule has 0 spiro atoms. The normalized spacial score (nSPS) is 9.92. The molecule has 5 nitrogen and oxygen atoms in total. The lowest BCUT2D eigenvalue weighted by Crippen LogP contribution is -2.21. The number of rotatable bonds is 3. The van der Waals surface area contributed by atoms with Gasteiger partial charge in [-0.25, -0.2) is 0 Å². The third-order valence-corrected chi connectivity index (χ3v) is 1.83. The van der Waals surface area contributed by atoms with Gasteiger partial charge in [0.05, 0.1) is 0 Å². The van der Waals surface area contributed by atoms with Gasteiger partial charge in [-0.2, -0.15) is 0 Å². The van der Waals surface area contributed by atoms with Crippen LogP contribution >= 0.6 is 7.60 Å². The first-order chi connectivity index (χ1) is 5.87. The average molecular weight is 211 g/mol. The fourth-order valence-electron chi connectivity index (χ4n) is 0.266. The van der Waals surface area contributed by atoms with Crippen LogP contribution in [-0.2, 0) is 9.36 Å². The van der Waals surface area contributed by atoms with E-state index in [1.165, 1.54) is 19.9 Å². The van der Waals surface area contributed by atoms with Gasteiger partial charge < -0.3 is 15.1 Å². The molecule has 1 amide bonds. The van der Waals surface area contributed by atoms with Crippen LogP contribution in [0.1, 0.15) is 26.7 Å². The summed E-state index contributed by atoms with van der Waals surface area (Å²) in [6.07, 6.45) is 1.91. The van der Waals surface area contributed by atoms with E-state index in [4.69, 9.17) is 9.79 Å². The van der Waals surface area contributed by atoms with Crippen molar-refractivity contribution >= 4 is 13.5 Å². The van der Waals surface area contributed by atoms with E-state index in [0.717, 1.165) is 0 Å². The van der Waals surface area contributed by atoms with E-state index in [9.17, 15) is 9.36 Å². The van der Waals surface area contributed by atoms with Gasteiger partial charge in [-0.15, -0.1) is 0 Å². The zero-order chi connectivity index (χ0) is 10.9. The predicted molar refractivity (Wildman–Crippen MR) is 51.6 cm³/mol. The molecule has 0 saturated carbocycles. The summed E-state index contributed by atoms with van der Waals surface area (Å²) in [5, 5.41) is 2.09. The van der Waals surface area contributed by atoms with Gasteiger partial charge >= 0.3 is 7.60 Å². The van der Waals surface area contributed by atoms with Crippen LogP contribution in [0.2, 0.25) is 0 Å². The van der Waals surface area contributed by atoms with Crippen LogP contribution in [-0.4, -0.2) is 28.9 Å². The predicted octanol–water partition coefficient (Wildman–Crippen LogP) is 0.716. The van der Waals surface area contributed by atoms with Crippen LogP contribution in [0.15, 0.2) is 0 Å². The molecular weight excluding hydrogens is 193 g/mol. The highest BCUT2D eigenvalue weighted by Crippen LogP contribution is 2.33. The van der Waals surface area contributed by atoms with Crippen LogP contribution < -0.4 is 5.32 Å². The van der Waals surface area contributed by atoms with E-state index < -0.39 is 19.7 Å². The summed E-state index contributed by atoms with van der Waals surface area (Å²) in [7, 11) is -2.83. The van der Waals surface area contributed by atoms with Gasteiger partial charge in [0, 0.05) is 7.05 Å². The molecule has 0 bridgehead atoms. The standard InChI is InChI=1S/C4H10.C3H8NO4P/c1-3-4-2;1-4-3(5)2-9(6,7)8/h3-4H2,1-2H3;2H2,1H3,(H,4,5)(H2,6,7,8). The van der Waals surface area contributed by atoms with Crippen LogP contribution in [0, 0.1) is 0 Å². The molecule has 0 aromatic carbocycles. The van der Waals surface area contributed by atoms with E-state index in [1.807, 2.05) is 0 Å². The summed E-state index contributed by atoms with van der Waals surface area (Å²) in [6, 6.07) is 0. The van der Waals surface area contributed by atoms with Crippen molar-refractivity contribution in [2.24, 2.45) is 0 Å². The molecule has 80 valence electrons. The van der Waals surface area contributed by atoms with E-state index in [0.29, 0.717) is 0 Å². The molecule has 0 fully saturated rings. The van der Waals surface area contributed by atoms with Crippen LogP contribution in [0.3, 0.4) is 0 Å². The smallest absolute Gasteiger partial charge is 0.334 e. The Morgan fingerprint density at radius 3 is 1.77 bits per heavy atom. The van der Waals surface area contributed by atoms with Crippen molar-refractivity contribution in [2.75, 3.05) is 13.2 Å². The summed E-state index contributed by atoms with van der Waals surface area (Å²) in [5.74, 6) is -0.650. The second-order valence-corrected chi connectivity index (χ2v) is 4.14. The monoisotopic (exact) mass is 211 g/mol. The lowest BCUT2D eigenvalue weighted by atomic mass is 10.4. The summed E-state index contributed by atoms with van der Waals surface area (Å²) in [4.78, 5) is 26.6. The highest BCUT2D eigenvalue weighted by molar-refractivity contribution is 7.52. The summed E-state index contributed by atoms with van der Waals surface area (Å²) in [6.45, 7) is 4.36. The van der Waals surface area contributed by atoms with E-state index in [-0.39, 0.29) is 0 Å². The Labute approximate surface area is 78.7 Å². The highest BCUT2D eigenvalue weighted by atomic mass is 31.2. The van der Waals surface area contributed by atoms with Gasteiger partial charge in [-0.3, -0.25) is 9.36 Å². The molecule has 13 heavy (non-hydrogen) atoms. The molecule has 0 rings (SSSR count). The second-order valence-electron chi connectivity index (χ2n) is 2.50. The molecule has 6 heteroatoms. The molecule has 0 aliphatic rings. The number of amides is 1. The summed E-state index contributed by atoms with van der Waals surface area (Å²) >= 11 is 0. The third-order valence-electron chi connectivity index (χ3n) is 1.13. The Bertz CT molecular complexity index is 175. The number of nitrogens with one attached hydrogen (secondary N) is 1. The highest BCUT2D eigenvalue weighted by Gasteiger charge is 2.17. The quantitative estimate of drug-likeness (QED) is 0.600. The molecule has 0 aliphatic heterocycles. The fraction of sp³-hybridized carbons (Fsp3) is 0.857. The minimum Gasteiger partial charge on any atom is -0.359 e. The Hall–Kier alpha value is -0.380. The average Bonchev–Trinajstić information content (AvgIpc) is 2.02. The summed E-state index contributed by atoms with van der Waals surface area (Å²) in [5.41, 5.74) is 0. The van der Waals surface area contributed by atoms with Gasteiger partial charge in [0.1, 0.15) is 6.16 Å². The van der Waals surface area contributed by atoms with Crippen molar-refractivity contribution in [3.05, 3.63) is 0 Å². The van der Waals surface area contributed by atoms with E-state index in [1.54, 1.807) is 0 Å². The molecular formula is C7H18NO4P. The minimum absolute atomic E-state index is 0.650. The topological polar surface area (TPSA) is 86.6 Å². The first kappa shape index (κ1) is 15.1. The fourth-order valence-corrected chi connectivity index (χ4v) is 0.798. The number of carbonyl (C=O) groups excluding carboxylic acids is 1. The second kappa shape index (κ2) is 8.23. The first-order valence-corrected chi connectivity index (χ1v) is 5.92. The van der Waals surface area contributed by atoms with Crippen molar-refractivity contribution in [1.82, 2.24) is 5.32 Å². The maximum atomic E-state index is 10.2. The zero-order valence-electron chi connectivity index (χ0n) is 8.28. The van der Waals surface area contributed by atoms with E-state index >= 15 is 0 Å². The van der Waals surface area contributed by atoms with Crippen molar-refractivity contribution in [1.29, 1.82) is 0 Å². The Morgan fingerprint density at radius 2 is 1.69 bits per heavy atom. The van der Waals surface area contributed by atoms with Gasteiger partial charge in [0.25, 0.3) is 0 Å². The molecule has 0 atom stereocenters. The lowest BCUT2D eigenvalue weighted by Gasteiger charge is -1.99. The van der Waals surface area contributed by atoms with Crippen LogP contribution in [0.4, 0.5) is 0 Å². The van der Waals surface area contributed by atoms with Gasteiger partial charge in [0.2, 0.25) is 5.91 Å². The molecule has 0 heterocycles. The lowest BCUT2D eigenvalue weighted by molar-refractivity contribution is -0.118. The number of unbranched alkanes of at least 4 members (excludes halogenated alkanes) is 1. The summed E-state index contributed by atoms with van der Waals surface area (Å²) < 4.78 is 10.0. The number of hydrogen-bond acceptors (Lipinski definition) is 2. The van der Waals surface area contributed by atoms with Gasteiger partial charge in [0.15, 0.2) is 0 Å². The van der Waals surface area contributed by atoms with E-state index in [2.05, 4.69) is 19.2 Å². The van der Waals surface area contributed by atoms with Crippen molar-refractivity contribution in [2.45, 2.75) is 26.7 Å².